The Bertz CT molecular complexity index is 760. The predicted octanol–water partition coefficient (Wildman–Crippen LogP) is 1.26. The molecule has 1 fully saturated rings. The molecule has 1 aromatic carbocycles. The molecule has 0 bridgehead atoms. The van der Waals surface area contributed by atoms with Crippen molar-refractivity contribution in [3.05, 3.63) is 23.8 Å². The van der Waals surface area contributed by atoms with Crippen LogP contribution in [-0.4, -0.2) is 54.8 Å². The van der Waals surface area contributed by atoms with Crippen LogP contribution in [0.2, 0.25) is 0 Å². The van der Waals surface area contributed by atoms with Crippen LogP contribution in [0.5, 0.6) is 11.5 Å². The quantitative estimate of drug-likeness (QED) is 0.403. The van der Waals surface area contributed by atoms with Crippen molar-refractivity contribution in [2.24, 2.45) is 5.10 Å². The van der Waals surface area contributed by atoms with Crippen molar-refractivity contribution in [1.29, 1.82) is 0 Å². The summed E-state index contributed by atoms with van der Waals surface area (Å²) in [5, 5.41) is 6.44. The lowest BCUT2D eigenvalue weighted by Gasteiger charge is -2.15. The summed E-state index contributed by atoms with van der Waals surface area (Å²) in [6.45, 7) is 5.62. The molecule has 1 heterocycles. The Hall–Kier alpha value is -3.10. The molecule has 0 atom stereocenters. The summed E-state index contributed by atoms with van der Waals surface area (Å²) in [4.78, 5) is 36.7. The predicted molar refractivity (Wildman–Crippen MR) is 98.8 cm³/mol. The minimum absolute atomic E-state index is 0.00761. The van der Waals surface area contributed by atoms with Crippen molar-refractivity contribution in [2.75, 3.05) is 20.3 Å². The fraction of sp³-hybridized carbons (Fsp3) is 0.444. The van der Waals surface area contributed by atoms with Crippen molar-refractivity contribution in [3.63, 3.8) is 0 Å². The SMILES string of the molecule is CCOc1ccc(/C=N\NC(=O)CCN2C(=O)NC(C)(C)C2=O)cc1OC. The highest BCUT2D eigenvalue weighted by Gasteiger charge is 2.43. The van der Waals surface area contributed by atoms with E-state index in [0.29, 0.717) is 23.7 Å². The normalized spacial score (nSPS) is 15.8. The highest BCUT2D eigenvalue weighted by atomic mass is 16.5. The van der Waals surface area contributed by atoms with Gasteiger partial charge in [0, 0.05) is 13.0 Å². The van der Waals surface area contributed by atoms with Crippen molar-refractivity contribution in [3.8, 4) is 11.5 Å². The highest BCUT2D eigenvalue weighted by molar-refractivity contribution is 6.06. The van der Waals surface area contributed by atoms with Crippen LogP contribution < -0.4 is 20.2 Å². The fourth-order valence-corrected chi connectivity index (χ4v) is 2.51. The number of urea groups is 1. The van der Waals surface area contributed by atoms with Crippen LogP contribution in [-0.2, 0) is 9.59 Å². The van der Waals surface area contributed by atoms with E-state index in [1.54, 1.807) is 32.0 Å². The van der Waals surface area contributed by atoms with Crippen LogP contribution in [0.1, 0.15) is 32.8 Å². The molecule has 1 aliphatic heterocycles. The molecule has 0 unspecified atom stereocenters. The van der Waals surface area contributed by atoms with Gasteiger partial charge in [0.05, 0.1) is 19.9 Å². The lowest BCUT2D eigenvalue weighted by atomic mass is 10.1. The van der Waals surface area contributed by atoms with Crippen LogP contribution in [0, 0.1) is 0 Å². The number of rotatable bonds is 8. The zero-order chi connectivity index (χ0) is 20.0. The molecule has 27 heavy (non-hydrogen) atoms. The van der Waals surface area contributed by atoms with Gasteiger partial charge in [-0.05, 0) is 44.5 Å². The maximum Gasteiger partial charge on any atom is 0.325 e. The second-order valence-electron chi connectivity index (χ2n) is 6.40. The van der Waals surface area contributed by atoms with Crippen molar-refractivity contribution >= 4 is 24.1 Å². The highest BCUT2D eigenvalue weighted by Crippen LogP contribution is 2.27. The zero-order valence-electron chi connectivity index (χ0n) is 15.9. The van der Waals surface area contributed by atoms with E-state index in [4.69, 9.17) is 9.47 Å². The Morgan fingerprint density at radius 1 is 1.33 bits per heavy atom. The Labute approximate surface area is 157 Å². The molecular formula is C18H24N4O5. The van der Waals surface area contributed by atoms with E-state index in [0.717, 1.165) is 4.90 Å². The van der Waals surface area contributed by atoms with Crippen molar-refractivity contribution in [1.82, 2.24) is 15.6 Å². The number of amides is 4. The van der Waals surface area contributed by atoms with Gasteiger partial charge in [-0.15, -0.1) is 0 Å². The first-order chi connectivity index (χ1) is 12.8. The first-order valence-electron chi connectivity index (χ1n) is 8.55. The average molecular weight is 376 g/mol. The first-order valence-corrected chi connectivity index (χ1v) is 8.55. The molecule has 1 aromatic rings. The monoisotopic (exact) mass is 376 g/mol. The average Bonchev–Trinajstić information content (AvgIpc) is 2.81. The van der Waals surface area contributed by atoms with Gasteiger partial charge in [0.15, 0.2) is 11.5 Å². The Balaban J connectivity index is 1.87. The third kappa shape index (κ3) is 4.96. The van der Waals surface area contributed by atoms with Gasteiger partial charge < -0.3 is 14.8 Å². The number of carbonyl (C=O) groups excluding carboxylic acids is 3. The van der Waals surface area contributed by atoms with Crippen LogP contribution >= 0.6 is 0 Å². The molecule has 0 radical (unpaired) electrons. The number of ether oxygens (including phenoxy) is 2. The van der Waals surface area contributed by atoms with Crippen molar-refractivity contribution < 1.29 is 23.9 Å². The second-order valence-corrected chi connectivity index (χ2v) is 6.40. The number of hydrogen-bond donors (Lipinski definition) is 2. The first kappa shape index (κ1) is 20.2. The standard InChI is InChI=1S/C18H24N4O5/c1-5-27-13-7-6-12(10-14(13)26-4)11-19-21-15(23)8-9-22-16(24)18(2,3)20-17(22)25/h6-7,10-11H,5,8-9H2,1-4H3,(H,20,25)(H,21,23)/b19-11-. The smallest absolute Gasteiger partial charge is 0.325 e. The van der Waals surface area contributed by atoms with Gasteiger partial charge in [-0.3, -0.25) is 14.5 Å². The molecule has 4 amide bonds. The largest absolute Gasteiger partial charge is 0.493 e. The fourth-order valence-electron chi connectivity index (χ4n) is 2.51. The maximum atomic E-state index is 12.0. The molecule has 0 saturated carbocycles. The molecule has 1 saturated heterocycles. The van der Waals surface area contributed by atoms with Gasteiger partial charge in [-0.25, -0.2) is 10.2 Å². The lowest BCUT2D eigenvalue weighted by molar-refractivity contribution is -0.130. The van der Waals surface area contributed by atoms with E-state index < -0.39 is 17.5 Å². The number of nitrogens with one attached hydrogen (secondary N) is 2. The van der Waals surface area contributed by atoms with Gasteiger partial charge in [0.25, 0.3) is 5.91 Å². The van der Waals surface area contributed by atoms with E-state index in [1.165, 1.54) is 13.3 Å². The Kier molecular flexibility index (Phi) is 6.38. The number of carbonyl (C=O) groups is 3. The Morgan fingerprint density at radius 3 is 2.67 bits per heavy atom. The summed E-state index contributed by atoms with van der Waals surface area (Å²) in [6.07, 6.45) is 1.42. The number of imide groups is 1. The Morgan fingerprint density at radius 2 is 2.07 bits per heavy atom. The maximum absolute atomic E-state index is 12.0. The molecule has 0 spiro atoms. The molecule has 146 valence electrons. The van der Waals surface area contributed by atoms with Gasteiger partial charge >= 0.3 is 6.03 Å². The van der Waals surface area contributed by atoms with Crippen LogP contribution in [0.15, 0.2) is 23.3 Å². The summed E-state index contributed by atoms with van der Waals surface area (Å²) < 4.78 is 10.7. The number of hydrazone groups is 1. The lowest BCUT2D eigenvalue weighted by Crippen LogP contribution is -2.40. The molecule has 0 aliphatic carbocycles. The van der Waals surface area contributed by atoms with Crippen LogP contribution in [0.4, 0.5) is 4.79 Å². The van der Waals surface area contributed by atoms with Crippen LogP contribution in [0.3, 0.4) is 0 Å². The molecule has 2 N–H and O–H groups in total. The van der Waals surface area contributed by atoms with E-state index >= 15 is 0 Å². The van der Waals surface area contributed by atoms with Gasteiger partial charge in [-0.1, -0.05) is 0 Å². The minimum atomic E-state index is -0.946. The molecule has 2 rings (SSSR count). The molecular weight excluding hydrogens is 352 g/mol. The number of nitrogens with zero attached hydrogens (tertiary/aromatic N) is 2. The van der Waals surface area contributed by atoms with E-state index in [9.17, 15) is 14.4 Å². The van der Waals surface area contributed by atoms with Crippen LogP contribution in [0.25, 0.3) is 0 Å². The summed E-state index contributed by atoms with van der Waals surface area (Å²) >= 11 is 0. The summed E-state index contributed by atoms with van der Waals surface area (Å²) in [5.74, 6) is 0.422. The number of methoxy groups -OCH3 is 1. The third-order valence-corrected chi connectivity index (χ3v) is 3.90. The molecule has 1 aliphatic rings. The van der Waals surface area contributed by atoms with Gasteiger partial charge in [0.2, 0.25) is 5.91 Å². The van der Waals surface area contributed by atoms with Gasteiger partial charge in [-0.2, -0.15) is 5.10 Å². The van der Waals surface area contributed by atoms with E-state index in [-0.39, 0.29) is 18.9 Å². The van der Waals surface area contributed by atoms with E-state index in [1.807, 2.05) is 6.92 Å². The third-order valence-electron chi connectivity index (χ3n) is 3.90. The molecule has 0 aromatic heterocycles. The second kappa shape index (κ2) is 8.52. The topological polar surface area (TPSA) is 109 Å². The van der Waals surface area contributed by atoms with E-state index in [2.05, 4.69) is 15.8 Å². The minimum Gasteiger partial charge on any atom is -0.493 e. The summed E-state index contributed by atoms with van der Waals surface area (Å²) in [6, 6.07) is 4.77. The van der Waals surface area contributed by atoms with Crippen molar-refractivity contribution in [2.45, 2.75) is 32.7 Å². The zero-order valence-corrected chi connectivity index (χ0v) is 15.9. The summed E-state index contributed by atoms with van der Waals surface area (Å²) in [5.41, 5.74) is 2.14. The van der Waals surface area contributed by atoms with Gasteiger partial charge in [0.1, 0.15) is 5.54 Å². The number of benzene rings is 1. The molecule has 9 heteroatoms. The summed E-state index contributed by atoms with van der Waals surface area (Å²) in [7, 11) is 1.54. The number of hydrogen-bond acceptors (Lipinski definition) is 6. The molecule has 9 nitrogen and oxygen atoms in total.